The largest absolute Gasteiger partial charge is 0.336 e. The monoisotopic (exact) mass is 431 g/mol. The second-order valence-electron chi connectivity index (χ2n) is 7.36. The number of halogens is 3. The van der Waals surface area contributed by atoms with Crippen molar-refractivity contribution in [1.82, 2.24) is 24.9 Å². The molecule has 0 fully saturated rings. The zero-order valence-electron chi connectivity index (χ0n) is 17.6. The summed E-state index contributed by atoms with van der Waals surface area (Å²) in [4.78, 5) is 20.1. The molecular weight excluding hydrogens is 407 g/mol. The van der Waals surface area contributed by atoms with Crippen molar-refractivity contribution >= 4 is 5.91 Å². The number of nitrogens with zero attached hydrogens (tertiary/aromatic N) is 5. The van der Waals surface area contributed by atoms with E-state index in [1.54, 1.807) is 17.0 Å². The van der Waals surface area contributed by atoms with Gasteiger partial charge >= 0.3 is 0 Å². The first-order chi connectivity index (χ1) is 14.7. The molecular formula is C22H24F3N5O. The van der Waals surface area contributed by atoms with Crippen LogP contribution in [0.15, 0.2) is 48.9 Å². The van der Waals surface area contributed by atoms with Crippen LogP contribution in [-0.4, -0.2) is 43.4 Å². The van der Waals surface area contributed by atoms with Gasteiger partial charge < -0.3 is 4.90 Å². The molecule has 164 valence electrons. The fraction of sp³-hybridized carbons (Fsp3) is 0.364. The van der Waals surface area contributed by atoms with Gasteiger partial charge in [-0.25, -0.2) is 13.2 Å². The zero-order chi connectivity index (χ0) is 22.6. The Kier molecular flexibility index (Phi) is 6.72. The van der Waals surface area contributed by atoms with Crippen molar-refractivity contribution in [3.63, 3.8) is 0 Å². The van der Waals surface area contributed by atoms with Gasteiger partial charge in [0.1, 0.15) is 5.69 Å². The van der Waals surface area contributed by atoms with Crippen LogP contribution in [0.25, 0.3) is 5.69 Å². The molecule has 1 atom stereocenters. The first-order valence-corrected chi connectivity index (χ1v) is 10.0. The predicted octanol–water partition coefficient (Wildman–Crippen LogP) is 4.40. The van der Waals surface area contributed by atoms with Crippen LogP contribution in [0.5, 0.6) is 0 Å². The lowest BCUT2D eigenvalue weighted by Gasteiger charge is -2.29. The molecule has 3 rings (SSSR count). The Bertz CT molecular complexity index is 1020. The molecule has 0 aliphatic rings. The molecule has 1 aromatic carbocycles. The molecule has 6 nitrogen and oxygen atoms in total. The molecule has 0 saturated carbocycles. The number of rotatable bonds is 8. The molecule has 0 saturated heterocycles. The molecule has 0 radical (unpaired) electrons. The number of aryl methyl sites for hydroxylation is 1. The molecule has 0 unspecified atom stereocenters. The molecule has 0 bridgehead atoms. The Morgan fingerprint density at radius 2 is 1.90 bits per heavy atom. The molecule has 31 heavy (non-hydrogen) atoms. The van der Waals surface area contributed by atoms with Crippen LogP contribution in [0.3, 0.4) is 0 Å². The lowest BCUT2D eigenvalue weighted by Crippen LogP contribution is -2.39. The molecule has 2 heterocycles. The molecule has 9 heteroatoms. The summed E-state index contributed by atoms with van der Waals surface area (Å²) in [5.41, 5.74) is 0.689. The Morgan fingerprint density at radius 3 is 2.48 bits per heavy atom. The van der Waals surface area contributed by atoms with Crippen LogP contribution < -0.4 is 0 Å². The molecule has 0 N–H and O–H groups in total. The van der Waals surface area contributed by atoms with Crippen molar-refractivity contribution in [3.8, 4) is 5.69 Å². The van der Waals surface area contributed by atoms with E-state index in [4.69, 9.17) is 0 Å². The Morgan fingerprint density at radius 1 is 1.19 bits per heavy atom. The average Bonchev–Trinajstić information content (AvgIpc) is 3.26. The number of hydrogen-bond donors (Lipinski definition) is 0. The number of benzene rings is 1. The summed E-state index contributed by atoms with van der Waals surface area (Å²) < 4.78 is 41.2. The zero-order valence-corrected chi connectivity index (χ0v) is 17.6. The van der Waals surface area contributed by atoms with E-state index in [1.165, 1.54) is 36.8 Å². The molecule has 1 amide bonds. The van der Waals surface area contributed by atoms with Gasteiger partial charge in [0.05, 0.1) is 18.0 Å². The van der Waals surface area contributed by atoms with Crippen molar-refractivity contribution in [2.45, 2.75) is 45.6 Å². The van der Waals surface area contributed by atoms with E-state index < -0.39 is 11.7 Å². The van der Waals surface area contributed by atoms with Gasteiger partial charge in [-0.15, -0.1) is 4.80 Å². The summed E-state index contributed by atoms with van der Waals surface area (Å²) in [6, 6.07) is 7.03. The maximum absolute atomic E-state index is 14.5. The Labute approximate surface area is 178 Å². The fourth-order valence-electron chi connectivity index (χ4n) is 3.38. The summed E-state index contributed by atoms with van der Waals surface area (Å²) in [5.74, 6) is -3.87. The average molecular weight is 431 g/mol. The summed E-state index contributed by atoms with van der Waals surface area (Å²) >= 11 is 0. The second-order valence-corrected chi connectivity index (χ2v) is 7.36. The van der Waals surface area contributed by atoms with Crippen LogP contribution >= 0.6 is 0 Å². The number of amides is 1. The first kappa shape index (κ1) is 22.5. The van der Waals surface area contributed by atoms with E-state index in [9.17, 15) is 18.0 Å². The standard InChI is InChI=1S/C22H24F3N5O/c1-4-29(15(2)8-10-17-11-9-16(14-26-17)22(3,24)25)21(31)18-6-5-7-19(23)20(18)30-27-12-13-28-30/h5-7,9,11-15H,4,8,10H2,1-3H3/t15-/m0/s1. The molecule has 2 aromatic heterocycles. The van der Waals surface area contributed by atoms with Crippen molar-refractivity contribution in [2.24, 2.45) is 0 Å². The summed E-state index contributed by atoms with van der Waals surface area (Å²) in [6.45, 7) is 4.98. The quantitative estimate of drug-likeness (QED) is 0.531. The highest BCUT2D eigenvalue weighted by molar-refractivity contribution is 5.98. The van der Waals surface area contributed by atoms with Crippen molar-refractivity contribution < 1.29 is 18.0 Å². The number of pyridine rings is 1. The van der Waals surface area contributed by atoms with E-state index in [0.717, 1.165) is 11.7 Å². The highest BCUT2D eigenvalue weighted by Gasteiger charge is 2.26. The third-order valence-corrected chi connectivity index (χ3v) is 5.12. The van der Waals surface area contributed by atoms with Gasteiger partial charge in [-0.1, -0.05) is 6.07 Å². The number of carbonyl (C=O) groups is 1. The number of hydrogen-bond acceptors (Lipinski definition) is 4. The summed E-state index contributed by atoms with van der Waals surface area (Å²) in [5, 5.41) is 7.91. The molecule has 0 aliphatic heterocycles. The fourth-order valence-corrected chi connectivity index (χ4v) is 3.38. The number of carbonyl (C=O) groups excluding carboxylic acids is 1. The molecule has 0 spiro atoms. The highest BCUT2D eigenvalue weighted by Crippen LogP contribution is 2.26. The third-order valence-electron chi connectivity index (χ3n) is 5.12. The second kappa shape index (κ2) is 9.28. The van der Waals surface area contributed by atoms with Crippen LogP contribution in [0, 0.1) is 5.82 Å². The number of aromatic nitrogens is 4. The van der Waals surface area contributed by atoms with Gasteiger partial charge in [0.2, 0.25) is 0 Å². The highest BCUT2D eigenvalue weighted by atomic mass is 19.3. The predicted molar refractivity (Wildman–Crippen MR) is 110 cm³/mol. The molecule has 3 aromatic rings. The van der Waals surface area contributed by atoms with E-state index in [-0.39, 0.29) is 28.8 Å². The minimum atomic E-state index is -2.93. The van der Waals surface area contributed by atoms with Gasteiger partial charge in [-0.3, -0.25) is 9.78 Å². The normalized spacial score (nSPS) is 12.6. The van der Waals surface area contributed by atoms with Crippen LogP contribution in [0.4, 0.5) is 13.2 Å². The maximum atomic E-state index is 14.5. The maximum Gasteiger partial charge on any atom is 0.272 e. The summed E-state index contributed by atoms with van der Waals surface area (Å²) in [7, 11) is 0. The van der Waals surface area contributed by atoms with Crippen molar-refractivity contribution in [1.29, 1.82) is 0 Å². The van der Waals surface area contributed by atoms with Crippen LogP contribution in [-0.2, 0) is 12.3 Å². The minimum absolute atomic E-state index is 0.000833. The van der Waals surface area contributed by atoms with Gasteiger partial charge in [0, 0.05) is 37.0 Å². The topological polar surface area (TPSA) is 63.9 Å². The smallest absolute Gasteiger partial charge is 0.272 e. The minimum Gasteiger partial charge on any atom is -0.336 e. The van der Waals surface area contributed by atoms with E-state index in [0.29, 0.717) is 25.1 Å². The van der Waals surface area contributed by atoms with E-state index in [1.807, 2.05) is 13.8 Å². The van der Waals surface area contributed by atoms with E-state index >= 15 is 0 Å². The Hall–Kier alpha value is -3.23. The first-order valence-electron chi connectivity index (χ1n) is 10.0. The van der Waals surface area contributed by atoms with Gasteiger partial charge in [0.15, 0.2) is 5.82 Å². The van der Waals surface area contributed by atoms with Crippen molar-refractivity contribution in [2.75, 3.05) is 6.54 Å². The van der Waals surface area contributed by atoms with E-state index in [2.05, 4.69) is 15.2 Å². The molecule has 0 aliphatic carbocycles. The lowest BCUT2D eigenvalue weighted by molar-refractivity contribution is 0.0171. The van der Waals surface area contributed by atoms with Gasteiger partial charge in [-0.05, 0) is 51.0 Å². The van der Waals surface area contributed by atoms with Crippen LogP contribution in [0.2, 0.25) is 0 Å². The third kappa shape index (κ3) is 5.10. The Balaban J connectivity index is 1.75. The van der Waals surface area contributed by atoms with Gasteiger partial charge in [0.25, 0.3) is 11.8 Å². The van der Waals surface area contributed by atoms with Crippen molar-refractivity contribution in [3.05, 3.63) is 71.6 Å². The number of para-hydroxylation sites is 1. The number of alkyl halides is 2. The lowest BCUT2D eigenvalue weighted by atomic mass is 10.1. The summed E-state index contributed by atoms with van der Waals surface area (Å²) in [6.07, 6.45) is 5.08. The van der Waals surface area contributed by atoms with Gasteiger partial charge in [-0.2, -0.15) is 10.2 Å². The van der Waals surface area contributed by atoms with Crippen LogP contribution in [0.1, 0.15) is 48.8 Å². The SMILES string of the molecule is CCN(C(=O)c1cccc(F)c1-n1nccn1)[C@@H](C)CCc1ccc(C(C)(F)F)cn1.